The number of hydrogen-bond acceptors (Lipinski definition) is 2. The molecule has 0 bridgehead atoms. The third-order valence-electron chi connectivity index (χ3n) is 3.94. The van der Waals surface area contributed by atoms with Gasteiger partial charge in [0.1, 0.15) is 0 Å². The van der Waals surface area contributed by atoms with Crippen LogP contribution in [0.3, 0.4) is 0 Å². The number of hydrogen-bond donors (Lipinski definition) is 2. The Morgan fingerprint density at radius 3 is 2.57 bits per heavy atom. The molecule has 1 aromatic heterocycles. The molecular formula is C17H18N2O2. The largest absolute Gasteiger partial charge is 0.349 e. The first-order valence-electron chi connectivity index (χ1n) is 7.33. The van der Waals surface area contributed by atoms with Crippen molar-refractivity contribution >= 4 is 5.91 Å². The van der Waals surface area contributed by atoms with Crippen LogP contribution in [-0.2, 0) is 0 Å². The lowest BCUT2D eigenvalue weighted by Crippen LogP contribution is -2.33. The Morgan fingerprint density at radius 1 is 1.14 bits per heavy atom. The van der Waals surface area contributed by atoms with Gasteiger partial charge in [-0.15, -0.1) is 0 Å². The molecule has 4 heteroatoms. The third-order valence-corrected chi connectivity index (χ3v) is 3.94. The molecule has 2 N–H and O–H groups in total. The van der Waals surface area contributed by atoms with E-state index < -0.39 is 0 Å². The van der Waals surface area contributed by atoms with E-state index in [1.165, 1.54) is 19.0 Å². The maximum atomic E-state index is 12.3. The number of amides is 1. The van der Waals surface area contributed by atoms with Crippen LogP contribution < -0.4 is 10.9 Å². The van der Waals surface area contributed by atoms with Crippen molar-refractivity contribution in [2.45, 2.75) is 31.7 Å². The highest BCUT2D eigenvalue weighted by molar-refractivity contribution is 5.95. The van der Waals surface area contributed by atoms with Crippen LogP contribution in [-0.4, -0.2) is 16.9 Å². The molecule has 1 heterocycles. The summed E-state index contributed by atoms with van der Waals surface area (Å²) in [6.45, 7) is 0. The van der Waals surface area contributed by atoms with Crippen molar-refractivity contribution in [3.8, 4) is 11.1 Å². The van der Waals surface area contributed by atoms with Crippen molar-refractivity contribution in [2.75, 3.05) is 0 Å². The maximum Gasteiger partial charge on any atom is 0.255 e. The Hall–Kier alpha value is -2.36. The Balaban J connectivity index is 1.87. The number of benzene rings is 1. The van der Waals surface area contributed by atoms with Crippen molar-refractivity contribution in [3.05, 3.63) is 58.5 Å². The molecule has 21 heavy (non-hydrogen) atoms. The lowest BCUT2D eigenvalue weighted by Gasteiger charge is -2.12. The number of nitrogens with one attached hydrogen (secondary N) is 2. The van der Waals surface area contributed by atoms with Crippen molar-refractivity contribution in [2.24, 2.45) is 0 Å². The first-order valence-corrected chi connectivity index (χ1v) is 7.33. The monoisotopic (exact) mass is 282 g/mol. The molecule has 0 aliphatic heterocycles. The molecule has 1 saturated carbocycles. The zero-order valence-corrected chi connectivity index (χ0v) is 11.8. The molecule has 0 radical (unpaired) electrons. The normalized spacial score (nSPS) is 15.0. The van der Waals surface area contributed by atoms with Gasteiger partial charge in [0, 0.05) is 17.8 Å². The quantitative estimate of drug-likeness (QED) is 0.909. The molecule has 1 aromatic carbocycles. The highest BCUT2D eigenvalue weighted by atomic mass is 16.2. The van der Waals surface area contributed by atoms with Crippen LogP contribution in [0.4, 0.5) is 0 Å². The van der Waals surface area contributed by atoms with Gasteiger partial charge in [0.25, 0.3) is 11.5 Å². The highest BCUT2D eigenvalue weighted by Gasteiger charge is 2.18. The summed E-state index contributed by atoms with van der Waals surface area (Å²) >= 11 is 0. The van der Waals surface area contributed by atoms with Crippen LogP contribution in [0.15, 0.2) is 47.4 Å². The standard InChI is InChI=1S/C17H18N2O2/c20-16(19-14-8-4-5-9-14)13-10-15(17(21)18-11-13)12-6-2-1-3-7-12/h1-3,6-7,10-11,14H,4-5,8-9H2,(H,18,21)(H,19,20). The molecule has 1 aliphatic carbocycles. The van der Waals surface area contributed by atoms with Crippen LogP contribution in [0.5, 0.6) is 0 Å². The molecule has 1 aliphatic rings. The average molecular weight is 282 g/mol. The topological polar surface area (TPSA) is 62.0 Å². The second-order valence-corrected chi connectivity index (χ2v) is 5.45. The minimum atomic E-state index is -0.182. The van der Waals surface area contributed by atoms with Crippen LogP contribution in [0.1, 0.15) is 36.0 Å². The van der Waals surface area contributed by atoms with Crippen molar-refractivity contribution in [1.29, 1.82) is 0 Å². The van der Waals surface area contributed by atoms with E-state index in [1.807, 2.05) is 30.3 Å². The lowest BCUT2D eigenvalue weighted by atomic mass is 10.1. The second kappa shape index (κ2) is 5.95. The van der Waals surface area contributed by atoms with E-state index in [0.717, 1.165) is 18.4 Å². The van der Waals surface area contributed by atoms with Crippen LogP contribution in [0, 0.1) is 0 Å². The van der Waals surface area contributed by atoms with Crippen molar-refractivity contribution < 1.29 is 4.79 Å². The van der Waals surface area contributed by atoms with Gasteiger partial charge in [-0.25, -0.2) is 0 Å². The first kappa shape index (κ1) is 13.6. The predicted octanol–water partition coefficient (Wildman–Crippen LogP) is 2.71. The summed E-state index contributed by atoms with van der Waals surface area (Å²) in [5, 5.41) is 3.03. The molecular weight excluding hydrogens is 264 g/mol. The summed E-state index contributed by atoms with van der Waals surface area (Å²) in [4.78, 5) is 26.9. The van der Waals surface area contributed by atoms with Crippen molar-refractivity contribution in [3.63, 3.8) is 0 Å². The summed E-state index contributed by atoms with van der Waals surface area (Å²) in [6.07, 6.45) is 5.91. The van der Waals surface area contributed by atoms with Gasteiger partial charge >= 0.3 is 0 Å². The second-order valence-electron chi connectivity index (χ2n) is 5.45. The number of carbonyl (C=O) groups excluding carboxylic acids is 1. The molecule has 0 saturated heterocycles. The minimum absolute atomic E-state index is 0.115. The van der Waals surface area contributed by atoms with Gasteiger partial charge in [-0.3, -0.25) is 9.59 Å². The van der Waals surface area contributed by atoms with Gasteiger partial charge in [-0.1, -0.05) is 43.2 Å². The molecule has 1 fully saturated rings. The number of carbonyl (C=O) groups is 1. The summed E-state index contributed by atoms with van der Waals surface area (Å²) in [7, 11) is 0. The highest BCUT2D eigenvalue weighted by Crippen LogP contribution is 2.19. The number of pyridine rings is 1. The molecule has 0 unspecified atom stereocenters. The molecule has 0 atom stereocenters. The molecule has 2 aromatic rings. The Kier molecular flexibility index (Phi) is 3.86. The minimum Gasteiger partial charge on any atom is -0.349 e. The fraction of sp³-hybridized carbons (Fsp3) is 0.294. The zero-order chi connectivity index (χ0) is 14.7. The molecule has 108 valence electrons. The fourth-order valence-electron chi connectivity index (χ4n) is 2.79. The summed E-state index contributed by atoms with van der Waals surface area (Å²) in [6, 6.07) is 11.3. The Labute approximate surface area is 123 Å². The SMILES string of the molecule is O=C(NC1CCCC1)c1c[nH]c(=O)c(-c2ccccc2)c1. The van der Waals surface area contributed by atoms with Crippen LogP contribution in [0.2, 0.25) is 0 Å². The Morgan fingerprint density at radius 2 is 1.86 bits per heavy atom. The van der Waals surface area contributed by atoms with E-state index in [2.05, 4.69) is 10.3 Å². The summed E-state index contributed by atoms with van der Waals surface area (Å²) in [5.74, 6) is -0.115. The van der Waals surface area contributed by atoms with Gasteiger partial charge in [-0.2, -0.15) is 0 Å². The van der Waals surface area contributed by atoms with Gasteiger partial charge in [0.05, 0.1) is 5.56 Å². The van der Waals surface area contributed by atoms with Gasteiger partial charge in [0.15, 0.2) is 0 Å². The van der Waals surface area contributed by atoms with Crippen LogP contribution >= 0.6 is 0 Å². The predicted molar refractivity (Wildman–Crippen MR) is 82.2 cm³/mol. The number of rotatable bonds is 3. The van der Waals surface area contributed by atoms with E-state index in [-0.39, 0.29) is 17.5 Å². The maximum absolute atomic E-state index is 12.3. The molecule has 0 spiro atoms. The van der Waals surface area contributed by atoms with E-state index in [1.54, 1.807) is 6.07 Å². The molecule has 4 nitrogen and oxygen atoms in total. The number of H-pyrrole nitrogens is 1. The van der Waals surface area contributed by atoms with Gasteiger partial charge in [0.2, 0.25) is 0 Å². The van der Waals surface area contributed by atoms with E-state index in [0.29, 0.717) is 11.1 Å². The summed E-state index contributed by atoms with van der Waals surface area (Å²) in [5.41, 5.74) is 1.66. The van der Waals surface area contributed by atoms with Gasteiger partial charge < -0.3 is 10.3 Å². The Bertz CT molecular complexity index is 685. The summed E-state index contributed by atoms with van der Waals surface area (Å²) < 4.78 is 0. The van der Waals surface area contributed by atoms with Crippen molar-refractivity contribution in [1.82, 2.24) is 10.3 Å². The number of aromatic nitrogens is 1. The molecule has 1 amide bonds. The smallest absolute Gasteiger partial charge is 0.255 e. The fourth-order valence-corrected chi connectivity index (χ4v) is 2.79. The molecule has 3 rings (SSSR count). The first-order chi connectivity index (χ1) is 10.2. The lowest BCUT2D eigenvalue weighted by molar-refractivity contribution is 0.0937. The van der Waals surface area contributed by atoms with E-state index in [4.69, 9.17) is 0 Å². The van der Waals surface area contributed by atoms with E-state index >= 15 is 0 Å². The van der Waals surface area contributed by atoms with Gasteiger partial charge in [-0.05, 0) is 24.5 Å². The average Bonchev–Trinajstić information content (AvgIpc) is 3.01. The third kappa shape index (κ3) is 3.05. The van der Waals surface area contributed by atoms with Crippen LogP contribution in [0.25, 0.3) is 11.1 Å². The zero-order valence-electron chi connectivity index (χ0n) is 11.8. The van der Waals surface area contributed by atoms with E-state index in [9.17, 15) is 9.59 Å². The number of aromatic amines is 1.